The van der Waals surface area contributed by atoms with E-state index in [0.717, 1.165) is 0 Å². The lowest BCUT2D eigenvalue weighted by Gasteiger charge is -2.40. The van der Waals surface area contributed by atoms with Crippen LogP contribution in [-0.2, 0) is 14.2 Å². The normalized spacial score (nSPS) is 26.6. The fraction of sp³-hybridized carbons (Fsp3) is 0.348. The van der Waals surface area contributed by atoms with Gasteiger partial charge in [0.2, 0.25) is 0 Å². The summed E-state index contributed by atoms with van der Waals surface area (Å²) in [7, 11) is 5.00. The van der Waals surface area contributed by atoms with Gasteiger partial charge in [-0.1, -0.05) is 48.2 Å². The third-order valence-electron chi connectivity index (χ3n) is 5.33. The monoisotopic (exact) mass is 456 g/mol. The molecule has 1 N–H and O–H groups in total. The van der Waals surface area contributed by atoms with Crippen molar-refractivity contribution in [3.8, 4) is 0 Å². The van der Waals surface area contributed by atoms with Gasteiger partial charge in [0, 0.05) is 14.1 Å². The number of ether oxygens (including phenoxy) is 3. The van der Waals surface area contributed by atoms with Crippen molar-refractivity contribution in [2.24, 2.45) is 4.99 Å². The minimum Gasteiger partial charge on any atom is -0.465 e. The first kappa shape index (κ1) is 22.3. The summed E-state index contributed by atoms with van der Waals surface area (Å²) in [4.78, 5) is 31.6. The van der Waals surface area contributed by atoms with Crippen LogP contribution in [-0.4, -0.2) is 72.0 Å². The summed E-state index contributed by atoms with van der Waals surface area (Å²) in [5.41, 5.74) is 0.606. The molecule has 0 spiro atoms. The number of esters is 2. The molecule has 9 heteroatoms. The molecule has 2 aromatic carbocycles. The van der Waals surface area contributed by atoms with Gasteiger partial charge in [0.1, 0.15) is 23.7 Å². The van der Waals surface area contributed by atoms with Gasteiger partial charge in [-0.05, 0) is 23.8 Å². The predicted molar refractivity (Wildman–Crippen MR) is 120 cm³/mol. The van der Waals surface area contributed by atoms with Crippen LogP contribution in [0.25, 0.3) is 0 Å². The number of carbonyl (C=O) groups is 2. The lowest BCUT2D eigenvalue weighted by molar-refractivity contribution is -0.158. The number of hydrogen-bond donors (Lipinski definition) is 1. The topological polar surface area (TPSA) is 97.7 Å². The third kappa shape index (κ3) is 4.23. The van der Waals surface area contributed by atoms with Gasteiger partial charge in [0.15, 0.2) is 11.3 Å². The summed E-state index contributed by atoms with van der Waals surface area (Å²) < 4.78 is 17.0. The van der Waals surface area contributed by atoms with Crippen molar-refractivity contribution < 1.29 is 28.9 Å². The van der Waals surface area contributed by atoms with Crippen LogP contribution in [0, 0.1) is 0 Å². The Labute approximate surface area is 190 Å². The van der Waals surface area contributed by atoms with E-state index < -0.39 is 41.7 Å². The summed E-state index contributed by atoms with van der Waals surface area (Å²) in [6.07, 6.45) is -3.11. The van der Waals surface area contributed by atoms with E-state index in [1.165, 1.54) is 18.9 Å². The second-order valence-corrected chi connectivity index (χ2v) is 8.71. The molecule has 2 aliphatic heterocycles. The van der Waals surface area contributed by atoms with Crippen molar-refractivity contribution in [3.63, 3.8) is 0 Å². The van der Waals surface area contributed by atoms with E-state index in [2.05, 4.69) is 4.99 Å². The minimum atomic E-state index is -1.14. The number of hydrogen-bond acceptors (Lipinski definition) is 9. The maximum Gasteiger partial charge on any atom is 0.338 e. The first-order valence-corrected chi connectivity index (χ1v) is 11.0. The Kier molecular flexibility index (Phi) is 6.50. The molecule has 0 saturated carbocycles. The molecule has 2 heterocycles. The number of aliphatic hydroxyl groups is 1. The van der Waals surface area contributed by atoms with E-state index >= 15 is 0 Å². The average molecular weight is 457 g/mol. The number of methoxy groups -OCH3 is 1. The van der Waals surface area contributed by atoms with E-state index in [1.54, 1.807) is 54.6 Å². The molecule has 2 aromatic rings. The van der Waals surface area contributed by atoms with Crippen LogP contribution in [0.4, 0.5) is 0 Å². The predicted octanol–water partition coefficient (Wildman–Crippen LogP) is 2.49. The molecule has 1 fully saturated rings. The van der Waals surface area contributed by atoms with Gasteiger partial charge in [-0.3, -0.25) is 4.99 Å². The van der Waals surface area contributed by atoms with Gasteiger partial charge in [0.05, 0.1) is 18.2 Å². The van der Waals surface area contributed by atoms with Gasteiger partial charge >= 0.3 is 11.9 Å². The molecule has 0 unspecified atom stereocenters. The van der Waals surface area contributed by atoms with Crippen LogP contribution in [0.3, 0.4) is 0 Å². The highest BCUT2D eigenvalue weighted by Gasteiger charge is 2.52. The molecule has 168 valence electrons. The zero-order chi connectivity index (χ0) is 22.8. The van der Waals surface area contributed by atoms with Crippen LogP contribution in [0.15, 0.2) is 59.6 Å². The minimum absolute atomic E-state index is 0.281. The van der Waals surface area contributed by atoms with Crippen molar-refractivity contribution in [2.75, 3.05) is 21.2 Å². The number of aliphatic imine (C=N–C) groups is 1. The fourth-order valence-electron chi connectivity index (χ4n) is 3.74. The Morgan fingerprint density at radius 2 is 1.75 bits per heavy atom. The Hall–Kier alpha value is -2.88. The lowest BCUT2D eigenvalue weighted by atomic mass is 9.90. The van der Waals surface area contributed by atoms with Crippen LogP contribution >= 0.6 is 11.8 Å². The van der Waals surface area contributed by atoms with Crippen molar-refractivity contribution >= 4 is 28.9 Å². The Balaban J connectivity index is 1.72. The largest absolute Gasteiger partial charge is 0.465 e. The second-order valence-electron chi connectivity index (χ2n) is 7.64. The number of fused-ring (bicyclic) bond motifs is 1. The summed E-state index contributed by atoms with van der Waals surface area (Å²) in [6, 6.07) is 14.7. The fourth-order valence-corrected chi connectivity index (χ4v) is 4.88. The van der Waals surface area contributed by atoms with Crippen LogP contribution < -0.4 is 0 Å². The number of aliphatic hydroxyl groups excluding tert-OH is 1. The summed E-state index contributed by atoms with van der Waals surface area (Å²) in [5, 5.41) is 11.9. The molecule has 5 atom stereocenters. The Morgan fingerprint density at radius 1 is 1.06 bits per heavy atom. The molecule has 0 aliphatic carbocycles. The maximum absolute atomic E-state index is 12.8. The van der Waals surface area contributed by atoms with Crippen molar-refractivity contribution in [1.29, 1.82) is 0 Å². The highest BCUT2D eigenvalue weighted by Crippen LogP contribution is 2.44. The number of rotatable bonds is 4. The quantitative estimate of drug-likeness (QED) is 0.701. The van der Waals surface area contributed by atoms with Gasteiger partial charge in [-0.15, -0.1) is 0 Å². The summed E-state index contributed by atoms with van der Waals surface area (Å²) in [6.45, 7) is 0. The van der Waals surface area contributed by atoms with Crippen LogP contribution in [0.1, 0.15) is 32.4 Å². The summed E-state index contributed by atoms with van der Waals surface area (Å²) in [5.74, 6) is -1.14. The number of nitrogens with zero attached hydrogens (tertiary/aromatic N) is 2. The first-order chi connectivity index (χ1) is 15.4. The van der Waals surface area contributed by atoms with Crippen LogP contribution in [0.2, 0.25) is 0 Å². The van der Waals surface area contributed by atoms with Gasteiger partial charge < -0.3 is 24.2 Å². The van der Waals surface area contributed by atoms with E-state index in [1.807, 2.05) is 19.0 Å². The SMILES string of the molecule is COC(=O)c1ccccc1[C@H]1O[C@@H]2SC(N(C)C)=N[C@@H]2[C@@H](O)[C@@H]1OC(=O)c1ccccc1. The molecule has 0 aromatic heterocycles. The van der Waals surface area contributed by atoms with Gasteiger partial charge in [-0.25, -0.2) is 9.59 Å². The highest BCUT2D eigenvalue weighted by molar-refractivity contribution is 8.14. The Morgan fingerprint density at radius 3 is 2.44 bits per heavy atom. The third-order valence-corrected chi connectivity index (χ3v) is 6.64. The first-order valence-electron chi connectivity index (χ1n) is 10.1. The Bertz CT molecular complexity index is 1030. The second kappa shape index (κ2) is 9.32. The molecule has 32 heavy (non-hydrogen) atoms. The number of carbonyl (C=O) groups excluding carboxylic acids is 2. The van der Waals surface area contributed by atoms with E-state index in [-0.39, 0.29) is 5.56 Å². The summed E-state index contributed by atoms with van der Waals surface area (Å²) >= 11 is 1.38. The lowest BCUT2D eigenvalue weighted by Crippen LogP contribution is -2.53. The van der Waals surface area contributed by atoms with Gasteiger partial charge in [-0.2, -0.15) is 0 Å². The van der Waals surface area contributed by atoms with Crippen molar-refractivity contribution in [1.82, 2.24) is 4.90 Å². The maximum atomic E-state index is 12.8. The molecule has 2 aliphatic rings. The molecule has 4 rings (SSSR count). The van der Waals surface area contributed by atoms with E-state index in [9.17, 15) is 14.7 Å². The smallest absolute Gasteiger partial charge is 0.338 e. The zero-order valence-corrected chi connectivity index (χ0v) is 18.7. The average Bonchev–Trinajstić information content (AvgIpc) is 3.26. The number of thioether (sulfide) groups is 1. The van der Waals surface area contributed by atoms with Crippen molar-refractivity contribution in [2.45, 2.75) is 29.8 Å². The molecule has 0 amide bonds. The molecule has 0 bridgehead atoms. The zero-order valence-electron chi connectivity index (χ0n) is 17.9. The van der Waals surface area contributed by atoms with E-state index in [4.69, 9.17) is 14.2 Å². The molecule has 0 radical (unpaired) electrons. The molecule has 8 nitrogen and oxygen atoms in total. The number of benzene rings is 2. The molecular weight excluding hydrogens is 432 g/mol. The van der Waals surface area contributed by atoms with Crippen molar-refractivity contribution in [3.05, 3.63) is 71.3 Å². The highest BCUT2D eigenvalue weighted by atomic mass is 32.2. The van der Waals surface area contributed by atoms with Crippen LogP contribution in [0.5, 0.6) is 0 Å². The van der Waals surface area contributed by atoms with Gasteiger partial charge in [0.25, 0.3) is 0 Å². The standard InChI is InChI=1S/C23H24N2O6S/c1-25(2)23-24-16-17(26)19(30-20(27)13-9-5-4-6-10-13)18(31-22(16)32-23)14-11-7-8-12-15(14)21(28)29-3/h4-12,16-19,22,26H,1-3H3/t16-,17-,18-,19+,22-/m1/s1. The molecular formula is C23H24N2O6S. The number of amidine groups is 1. The van der Waals surface area contributed by atoms with E-state index in [0.29, 0.717) is 16.3 Å². The molecule has 1 saturated heterocycles.